The van der Waals surface area contributed by atoms with Crippen LogP contribution in [0.25, 0.3) is 6.08 Å². The fourth-order valence-electron chi connectivity index (χ4n) is 3.00. The summed E-state index contributed by atoms with van der Waals surface area (Å²) in [5.74, 6) is 1.24. The van der Waals surface area contributed by atoms with Crippen LogP contribution in [0.1, 0.15) is 18.4 Å². The highest BCUT2D eigenvalue weighted by Gasteiger charge is 2.35. The van der Waals surface area contributed by atoms with Crippen LogP contribution in [-0.2, 0) is 0 Å². The summed E-state index contributed by atoms with van der Waals surface area (Å²) in [6.45, 7) is 2.09. The van der Waals surface area contributed by atoms with Crippen LogP contribution in [0.4, 0.5) is 0 Å². The number of hydrogen-bond donors (Lipinski definition) is 1. The van der Waals surface area contributed by atoms with Gasteiger partial charge in [0.05, 0.1) is 12.8 Å². The van der Waals surface area contributed by atoms with E-state index in [2.05, 4.69) is 16.1 Å². The molecule has 0 amide bonds. The maximum atomic E-state index is 9.28. The molecule has 0 radical (unpaired) electrons. The molecule has 3 fully saturated rings. The van der Waals surface area contributed by atoms with Crippen molar-refractivity contribution in [2.24, 2.45) is 11.1 Å². The van der Waals surface area contributed by atoms with Crippen molar-refractivity contribution in [3.05, 3.63) is 35.5 Å². The number of allylic oxidation sites excluding steroid dienone is 1. The van der Waals surface area contributed by atoms with E-state index in [1.807, 2.05) is 24.3 Å². The lowest BCUT2D eigenvalue weighted by molar-refractivity contribution is 0.229. The summed E-state index contributed by atoms with van der Waals surface area (Å²) >= 11 is 0. The number of para-hydroxylation sites is 1. The van der Waals surface area contributed by atoms with Crippen molar-refractivity contribution in [2.75, 3.05) is 20.2 Å². The van der Waals surface area contributed by atoms with Crippen molar-refractivity contribution in [1.82, 2.24) is 4.90 Å². The third-order valence-electron chi connectivity index (χ3n) is 4.02. The summed E-state index contributed by atoms with van der Waals surface area (Å²) in [5, 5.41) is 12.8. The molecule has 1 N–H and O–H groups in total. The Morgan fingerprint density at radius 1 is 1.32 bits per heavy atom. The minimum absolute atomic E-state index is 0.399. The van der Waals surface area contributed by atoms with Crippen LogP contribution in [0.5, 0.6) is 5.75 Å². The summed E-state index contributed by atoms with van der Waals surface area (Å²) in [5.41, 5.74) is 2.88. The van der Waals surface area contributed by atoms with Crippen LogP contribution in [0.2, 0.25) is 0 Å². The molecule has 3 heterocycles. The number of benzene rings is 1. The number of oxime groups is 1. The number of hydrogen-bond acceptors (Lipinski definition) is 4. The van der Waals surface area contributed by atoms with Gasteiger partial charge in [-0.25, -0.2) is 0 Å². The van der Waals surface area contributed by atoms with Crippen molar-refractivity contribution in [2.45, 2.75) is 12.8 Å². The Balaban J connectivity index is 2.02. The normalized spacial score (nSPS) is 23.3. The second-order valence-corrected chi connectivity index (χ2v) is 5.02. The molecule has 2 bridgehead atoms. The van der Waals surface area contributed by atoms with Crippen molar-refractivity contribution >= 4 is 11.8 Å². The van der Waals surface area contributed by atoms with Crippen molar-refractivity contribution in [1.29, 1.82) is 0 Å². The van der Waals surface area contributed by atoms with E-state index in [9.17, 15) is 5.21 Å². The van der Waals surface area contributed by atoms with E-state index in [0.717, 1.165) is 48.7 Å². The lowest BCUT2D eigenvalue weighted by Gasteiger charge is -2.42. The number of ether oxygens (including phenoxy) is 1. The van der Waals surface area contributed by atoms with E-state index in [1.165, 1.54) is 0 Å². The lowest BCUT2D eigenvalue weighted by atomic mass is 9.83. The predicted molar refractivity (Wildman–Crippen MR) is 74.5 cm³/mol. The van der Waals surface area contributed by atoms with E-state index < -0.39 is 0 Å². The largest absolute Gasteiger partial charge is 0.496 e. The third kappa shape index (κ3) is 2.07. The predicted octanol–water partition coefficient (Wildman–Crippen LogP) is 2.59. The van der Waals surface area contributed by atoms with E-state index in [1.54, 1.807) is 7.11 Å². The van der Waals surface area contributed by atoms with Crippen molar-refractivity contribution in [3.8, 4) is 5.75 Å². The third-order valence-corrected chi connectivity index (χ3v) is 4.02. The molecule has 0 unspecified atom stereocenters. The van der Waals surface area contributed by atoms with Crippen LogP contribution in [-0.4, -0.2) is 36.0 Å². The Morgan fingerprint density at radius 2 is 2.05 bits per heavy atom. The van der Waals surface area contributed by atoms with Gasteiger partial charge in [-0.05, 0) is 25.0 Å². The standard InChI is InChI=1S/C15H18N2O2/c1-19-14-5-3-2-4-12(14)10-13-15(16-18)11-6-8-17(13)9-7-11/h2-5,10-11,18H,6-9H2,1H3. The lowest BCUT2D eigenvalue weighted by Crippen LogP contribution is -2.46. The molecule has 4 nitrogen and oxygen atoms in total. The van der Waals surface area contributed by atoms with Gasteiger partial charge in [0.15, 0.2) is 0 Å². The van der Waals surface area contributed by atoms with Gasteiger partial charge in [-0.15, -0.1) is 0 Å². The molecule has 0 saturated carbocycles. The number of piperidine rings is 3. The fraction of sp³-hybridized carbons (Fsp3) is 0.400. The van der Waals surface area contributed by atoms with Crippen LogP contribution in [0, 0.1) is 5.92 Å². The first kappa shape index (κ1) is 12.1. The number of nitrogens with zero attached hydrogens (tertiary/aromatic N) is 2. The number of fused-ring (bicyclic) bond motifs is 3. The Bertz CT molecular complexity index is 529. The minimum atomic E-state index is 0.399. The molecule has 1 aromatic carbocycles. The van der Waals surface area contributed by atoms with E-state index in [0.29, 0.717) is 5.92 Å². The molecular weight excluding hydrogens is 240 g/mol. The van der Waals surface area contributed by atoms with E-state index in [4.69, 9.17) is 4.74 Å². The minimum Gasteiger partial charge on any atom is -0.496 e. The molecule has 19 heavy (non-hydrogen) atoms. The Morgan fingerprint density at radius 3 is 2.74 bits per heavy atom. The molecule has 0 aliphatic carbocycles. The Hall–Kier alpha value is -1.97. The second kappa shape index (κ2) is 4.96. The summed E-state index contributed by atoms with van der Waals surface area (Å²) < 4.78 is 5.37. The number of rotatable bonds is 2. The highest BCUT2D eigenvalue weighted by molar-refractivity contribution is 6.05. The molecule has 100 valence electrons. The van der Waals surface area contributed by atoms with Crippen molar-refractivity contribution < 1.29 is 9.94 Å². The highest BCUT2D eigenvalue weighted by Crippen LogP contribution is 2.34. The molecular formula is C15H18N2O2. The van der Waals surface area contributed by atoms with Gasteiger partial charge in [0, 0.05) is 24.6 Å². The fourth-order valence-corrected chi connectivity index (χ4v) is 3.00. The molecule has 4 rings (SSSR count). The maximum Gasteiger partial charge on any atom is 0.126 e. The smallest absolute Gasteiger partial charge is 0.126 e. The van der Waals surface area contributed by atoms with Gasteiger partial charge >= 0.3 is 0 Å². The summed E-state index contributed by atoms with van der Waals surface area (Å²) in [7, 11) is 1.67. The molecule has 4 heteroatoms. The molecule has 0 spiro atoms. The summed E-state index contributed by atoms with van der Waals surface area (Å²) in [6, 6.07) is 7.90. The zero-order valence-corrected chi connectivity index (χ0v) is 11.0. The molecule has 0 aromatic heterocycles. The maximum absolute atomic E-state index is 9.28. The van der Waals surface area contributed by atoms with Gasteiger partial charge in [-0.1, -0.05) is 23.4 Å². The zero-order valence-electron chi connectivity index (χ0n) is 11.0. The molecule has 3 aliphatic rings. The Labute approximate surface area is 113 Å². The SMILES string of the molecule is COc1ccccc1C=C1C(=NO)C2CCN1CC2. The van der Waals surface area contributed by atoms with Crippen LogP contribution >= 0.6 is 0 Å². The number of methoxy groups -OCH3 is 1. The monoisotopic (exact) mass is 258 g/mol. The van der Waals surface area contributed by atoms with Gasteiger partial charge in [-0.3, -0.25) is 0 Å². The molecule has 0 atom stereocenters. The van der Waals surface area contributed by atoms with E-state index >= 15 is 0 Å². The van der Waals surface area contributed by atoms with Gasteiger partial charge < -0.3 is 14.8 Å². The average molecular weight is 258 g/mol. The first-order valence-corrected chi connectivity index (χ1v) is 6.65. The molecule has 1 aromatic rings. The first-order chi connectivity index (χ1) is 9.33. The Kier molecular flexibility index (Phi) is 3.15. The quantitative estimate of drug-likeness (QED) is 0.655. The summed E-state index contributed by atoms with van der Waals surface area (Å²) in [6.07, 6.45) is 4.24. The van der Waals surface area contributed by atoms with Gasteiger partial charge in [0.1, 0.15) is 11.5 Å². The first-order valence-electron chi connectivity index (χ1n) is 6.65. The summed E-state index contributed by atoms with van der Waals surface area (Å²) in [4.78, 5) is 2.29. The zero-order chi connectivity index (χ0) is 13.2. The van der Waals surface area contributed by atoms with Gasteiger partial charge in [0.2, 0.25) is 0 Å². The molecule has 3 aliphatic heterocycles. The molecule has 3 saturated heterocycles. The van der Waals surface area contributed by atoms with Gasteiger partial charge in [0.25, 0.3) is 0 Å². The van der Waals surface area contributed by atoms with Crippen LogP contribution in [0.15, 0.2) is 35.1 Å². The van der Waals surface area contributed by atoms with Crippen LogP contribution in [0.3, 0.4) is 0 Å². The van der Waals surface area contributed by atoms with Gasteiger partial charge in [-0.2, -0.15) is 0 Å². The van der Waals surface area contributed by atoms with E-state index in [-0.39, 0.29) is 0 Å². The topological polar surface area (TPSA) is 45.1 Å². The highest BCUT2D eigenvalue weighted by atomic mass is 16.5. The average Bonchev–Trinajstić information content (AvgIpc) is 2.49. The second-order valence-electron chi connectivity index (χ2n) is 5.02. The van der Waals surface area contributed by atoms with Crippen LogP contribution < -0.4 is 4.74 Å². The van der Waals surface area contributed by atoms with Crippen molar-refractivity contribution in [3.63, 3.8) is 0 Å².